The maximum Gasteiger partial charge on any atom is 0.243 e. The van der Waals surface area contributed by atoms with Gasteiger partial charge in [0.2, 0.25) is 15.9 Å². The highest BCUT2D eigenvalue weighted by atomic mass is 32.2. The summed E-state index contributed by atoms with van der Waals surface area (Å²) in [6, 6.07) is 6.26. The second kappa shape index (κ2) is 9.65. The van der Waals surface area contributed by atoms with Crippen molar-refractivity contribution in [3.8, 4) is 0 Å². The van der Waals surface area contributed by atoms with Crippen LogP contribution in [0.4, 0.5) is 0 Å². The summed E-state index contributed by atoms with van der Waals surface area (Å²) in [6.07, 6.45) is 3.03. The van der Waals surface area contributed by atoms with Gasteiger partial charge in [0.25, 0.3) is 0 Å². The Balaban J connectivity index is 1.94. The van der Waals surface area contributed by atoms with Gasteiger partial charge >= 0.3 is 0 Å². The van der Waals surface area contributed by atoms with Crippen LogP contribution in [0.3, 0.4) is 0 Å². The Morgan fingerprint density at radius 1 is 1.14 bits per heavy atom. The number of carbonyl (C=O) groups is 2. The van der Waals surface area contributed by atoms with Crippen molar-refractivity contribution < 1.29 is 18.0 Å². The number of carbonyl (C=O) groups excluding carboxylic acids is 2. The van der Waals surface area contributed by atoms with E-state index in [4.69, 9.17) is 0 Å². The molecule has 1 atom stereocenters. The van der Waals surface area contributed by atoms with Crippen molar-refractivity contribution in [2.75, 3.05) is 13.1 Å². The Morgan fingerprint density at radius 3 is 2.36 bits per heavy atom. The van der Waals surface area contributed by atoms with Crippen LogP contribution in [0.2, 0.25) is 0 Å². The van der Waals surface area contributed by atoms with E-state index in [2.05, 4.69) is 19.2 Å². The maximum atomic E-state index is 12.9. The van der Waals surface area contributed by atoms with E-state index in [9.17, 15) is 18.0 Å². The lowest BCUT2D eigenvalue weighted by Gasteiger charge is -2.31. The molecule has 0 aromatic heterocycles. The third-order valence-electron chi connectivity index (χ3n) is 5.27. The molecule has 156 valence electrons. The average molecular weight is 409 g/mol. The highest BCUT2D eigenvalue weighted by Gasteiger charge is 2.32. The molecule has 1 fully saturated rings. The first-order valence-electron chi connectivity index (χ1n) is 10.0. The van der Waals surface area contributed by atoms with Gasteiger partial charge in [-0.15, -0.1) is 0 Å². The van der Waals surface area contributed by atoms with Gasteiger partial charge in [-0.3, -0.25) is 9.59 Å². The van der Waals surface area contributed by atoms with Gasteiger partial charge in [0.1, 0.15) is 0 Å². The van der Waals surface area contributed by atoms with E-state index in [0.717, 1.165) is 12.8 Å². The van der Waals surface area contributed by atoms with Gasteiger partial charge in [-0.2, -0.15) is 4.31 Å². The Labute approximate surface area is 168 Å². The van der Waals surface area contributed by atoms with Crippen molar-refractivity contribution in [1.82, 2.24) is 9.62 Å². The topological polar surface area (TPSA) is 83.6 Å². The van der Waals surface area contributed by atoms with E-state index in [1.807, 2.05) is 6.92 Å². The molecule has 0 saturated carbocycles. The molecule has 1 unspecified atom stereocenters. The smallest absolute Gasteiger partial charge is 0.243 e. The Hall–Kier alpha value is -1.73. The lowest BCUT2D eigenvalue weighted by Crippen LogP contribution is -2.44. The molecule has 2 rings (SSSR count). The number of hydrogen-bond acceptors (Lipinski definition) is 4. The van der Waals surface area contributed by atoms with Crippen molar-refractivity contribution >= 4 is 21.7 Å². The van der Waals surface area contributed by atoms with Crippen molar-refractivity contribution in [3.63, 3.8) is 0 Å². The summed E-state index contributed by atoms with van der Waals surface area (Å²) in [6.45, 7) is 8.38. The molecule has 1 aliphatic rings. The molecular formula is C21H32N2O4S. The molecule has 1 saturated heterocycles. The number of nitrogens with one attached hydrogen (secondary N) is 1. The number of hydrogen-bond donors (Lipinski definition) is 1. The summed E-state index contributed by atoms with van der Waals surface area (Å²) in [5, 5.41) is 3.07. The van der Waals surface area contributed by atoms with Crippen molar-refractivity contribution in [3.05, 3.63) is 29.8 Å². The van der Waals surface area contributed by atoms with Gasteiger partial charge in [-0.25, -0.2) is 8.42 Å². The van der Waals surface area contributed by atoms with Gasteiger partial charge in [0.15, 0.2) is 5.78 Å². The van der Waals surface area contributed by atoms with Crippen LogP contribution in [0, 0.1) is 11.8 Å². The van der Waals surface area contributed by atoms with Crippen LogP contribution >= 0.6 is 0 Å². The Morgan fingerprint density at radius 2 is 1.79 bits per heavy atom. The van der Waals surface area contributed by atoms with Crippen LogP contribution in [0.5, 0.6) is 0 Å². The van der Waals surface area contributed by atoms with Gasteiger partial charge in [-0.1, -0.05) is 26.0 Å². The molecule has 1 N–H and O–H groups in total. The van der Waals surface area contributed by atoms with E-state index >= 15 is 0 Å². The number of sulfonamides is 1. The van der Waals surface area contributed by atoms with Crippen molar-refractivity contribution in [2.24, 2.45) is 11.8 Å². The Kier molecular flexibility index (Phi) is 7.78. The second-order valence-electron chi connectivity index (χ2n) is 8.14. The molecule has 1 amide bonds. The summed E-state index contributed by atoms with van der Waals surface area (Å²) in [5.74, 6) is 0.303. The summed E-state index contributed by atoms with van der Waals surface area (Å²) in [4.78, 5) is 24.2. The summed E-state index contributed by atoms with van der Waals surface area (Å²) < 4.78 is 27.2. The summed E-state index contributed by atoms with van der Waals surface area (Å²) in [7, 11) is -3.66. The average Bonchev–Trinajstić information content (AvgIpc) is 2.66. The summed E-state index contributed by atoms with van der Waals surface area (Å²) in [5.41, 5.74) is 0.380. The fourth-order valence-electron chi connectivity index (χ4n) is 3.40. The van der Waals surface area contributed by atoms with Gasteiger partial charge in [0, 0.05) is 30.6 Å². The molecule has 0 radical (unpaired) electrons. The van der Waals surface area contributed by atoms with E-state index in [1.165, 1.54) is 23.4 Å². The number of Topliss-reactive ketones (excluding diaryl/α,β-unsaturated/α-hetero) is 1. The minimum Gasteiger partial charge on any atom is -0.353 e. The summed E-state index contributed by atoms with van der Waals surface area (Å²) >= 11 is 0. The van der Waals surface area contributed by atoms with E-state index in [0.29, 0.717) is 37.4 Å². The van der Waals surface area contributed by atoms with E-state index in [1.54, 1.807) is 12.1 Å². The molecule has 1 aliphatic heterocycles. The monoisotopic (exact) mass is 408 g/mol. The first kappa shape index (κ1) is 22.6. The highest BCUT2D eigenvalue weighted by Crippen LogP contribution is 2.25. The predicted octanol–water partition coefficient (Wildman–Crippen LogP) is 3.23. The molecule has 6 nitrogen and oxygen atoms in total. The first-order chi connectivity index (χ1) is 13.1. The minimum atomic E-state index is -3.66. The zero-order valence-corrected chi connectivity index (χ0v) is 18.1. The fourth-order valence-corrected chi connectivity index (χ4v) is 4.92. The molecule has 1 aromatic rings. The van der Waals surface area contributed by atoms with Crippen LogP contribution in [0.1, 0.15) is 63.7 Å². The SMILES string of the molecule is CC(=O)c1cccc(S(=O)(=O)N2CCC(C(=O)NC(C)CCC(C)C)CC2)c1. The molecular weight excluding hydrogens is 376 g/mol. The van der Waals surface area contributed by atoms with Crippen LogP contribution in [0.15, 0.2) is 29.2 Å². The second-order valence-corrected chi connectivity index (χ2v) is 10.1. The molecule has 28 heavy (non-hydrogen) atoms. The van der Waals surface area contributed by atoms with Crippen LogP contribution in [-0.2, 0) is 14.8 Å². The highest BCUT2D eigenvalue weighted by molar-refractivity contribution is 7.89. The number of benzene rings is 1. The number of amides is 1. The molecule has 0 spiro atoms. The predicted molar refractivity (Wildman–Crippen MR) is 110 cm³/mol. The van der Waals surface area contributed by atoms with Gasteiger partial charge < -0.3 is 5.32 Å². The number of piperidine rings is 1. The van der Waals surface area contributed by atoms with E-state index < -0.39 is 10.0 Å². The zero-order chi connectivity index (χ0) is 20.9. The third kappa shape index (κ3) is 5.88. The molecule has 1 aromatic carbocycles. The molecule has 0 bridgehead atoms. The maximum absolute atomic E-state index is 12.9. The Bertz CT molecular complexity index is 796. The zero-order valence-electron chi connectivity index (χ0n) is 17.3. The minimum absolute atomic E-state index is 0.0203. The first-order valence-corrected chi connectivity index (χ1v) is 11.5. The van der Waals surface area contributed by atoms with Crippen LogP contribution in [-0.4, -0.2) is 43.5 Å². The number of rotatable bonds is 8. The molecule has 7 heteroatoms. The lowest BCUT2D eigenvalue weighted by atomic mass is 9.96. The standard InChI is InChI=1S/C21H32N2O4S/c1-15(2)8-9-16(3)22-21(25)18-10-12-23(13-11-18)28(26,27)20-7-5-6-19(14-20)17(4)24/h5-7,14-16,18H,8-13H2,1-4H3,(H,22,25). The number of nitrogens with zero attached hydrogens (tertiary/aromatic N) is 1. The van der Waals surface area contributed by atoms with Crippen molar-refractivity contribution in [2.45, 2.75) is 64.3 Å². The van der Waals surface area contributed by atoms with Gasteiger partial charge in [0.05, 0.1) is 4.90 Å². The van der Waals surface area contributed by atoms with Crippen LogP contribution < -0.4 is 5.32 Å². The van der Waals surface area contributed by atoms with Gasteiger partial charge in [-0.05, 0) is 57.6 Å². The molecule has 0 aliphatic carbocycles. The number of ketones is 1. The van der Waals surface area contributed by atoms with Crippen molar-refractivity contribution in [1.29, 1.82) is 0 Å². The van der Waals surface area contributed by atoms with E-state index in [-0.39, 0.29) is 28.5 Å². The lowest BCUT2D eigenvalue weighted by molar-refractivity contribution is -0.126. The van der Waals surface area contributed by atoms with Crippen LogP contribution in [0.25, 0.3) is 0 Å². The normalized spacial score (nSPS) is 17.5. The quantitative estimate of drug-likeness (QED) is 0.670. The fraction of sp³-hybridized carbons (Fsp3) is 0.619. The third-order valence-corrected chi connectivity index (χ3v) is 7.16. The largest absolute Gasteiger partial charge is 0.353 e. The molecule has 1 heterocycles.